The fraction of sp³-hybridized carbons (Fsp3) is 0.471. The van der Waals surface area contributed by atoms with Gasteiger partial charge in [0.05, 0.1) is 25.8 Å². The highest BCUT2D eigenvalue weighted by Gasteiger charge is 2.23. The Hall–Kier alpha value is -0.930. The van der Waals surface area contributed by atoms with E-state index in [2.05, 4.69) is 65.4 Å². The molecule has 8 heteroatoms. The van der Waals surface area contributed by atoms with Crippen LogP contribution in [0, 0.1) is 0 Å². The monoisotopic (exact) mass is 442 g/mol. The maximum Gasteiger partial charge on any atom is 0.191 e. The van der Waals surface area contributed by atoms with E-state index < -0.39 is 0 Å². The van der Waals surface area contributed by atoms with Crippen LogP contribution in [0.3, 0.4) is 0 Å². The van der Waals surface area contributed by atoms with Gasteiger partial charge in [-0.15, -0.1) is 22.7 Å². The minimum absolute atomic E-state index is 0.346. The second-order valence-corrected chi connectivity index (χ2v) is 8.61. The SMILES string of the molecule is CN=C(NCc1cc(Br)cs1)NCC(c1cccs1)N1CCOCC1. The van der Waals surface area contributed by atoms with E-state index in [0.717, 1.165) is 49.8 Å². The Morgan fingerprint density at radius 2 is 2.20 bits per heavy atom. The van der Waals surface area contributed by atoms with Gasteiger partial charge < -0.3 is 15.4 Å². The Bertz CT molecular complexity index is 668. The summed E-state index contributed by atoms with van der Waals surface area (Å²) in [6, 6.07) is 6.81. The molecule has 136 valence electrons. The average Bonchev–Trinajstić information content (AvgIpc) is 3.31. The summed E-state index contributed by atoms with van der Waals surface area (Å²) in [5.41, 5.74) is 0. The van der Waals surface area contributed by atoms with Gasteiger partial charge in [-0.05, 0) is 33.4 Å². The highest BCUT2D eigenvalue weighted by molar-refractivity contribution is 9.10. The van der Waals surface area contributed by atoms with Crippen molar-refractivity contribution in [3.05, 3.63) is 43.2 Å². The molecule has 2 N–H and O–H groups in total. The van der Waals surface area contributed by atoms with Crippen molar-refractivity contribution in [1.82, 2.24) is 15.5 Å². The lowest BCUT2D eigenvalue weighted by molar-refractivity contribution is 0.0177. The predicted molar refractivity (Wildman–Crippen MR) is 110 cm³/mol. The highest BCUT2D eigenvalue weighted by Crippen LogP contribution is 2.25. The van der Waals surface area contributed by atoms with Crippen LogP contribution in [0.5, 0.6) is 0 Å². The molecule has 1 atom stereocenters. The molecular formula is C17H23BrN4OS2. The molecule has 0 saturated carbocycles. The van der Waals surface area contributed by atoms with Crippen LogP contribution in [0.1, 0.15) is 15.8 Å². The average molecular weight is 443 g/mol. The predicted octanol–water partition coefficient (Wildman–Crippen LogP) is 3.31. The molecule has 0 amide bonds. The lowest BCUT2D eigenvalue weighted by Gasteiger charge is -2.34. The van der Waals surface area contributed by atoms with Gasteiger partial charge in [0.2, 0.25) is 0 Å². The van der Waals surface area contributed by atoms with E-state index in [1.807, 2.05) is 18.4 Å². The Morgan fingerprint density at radius 3 is 2.84 bits per heavy atom. The van der Waals surface area contributed by atoms with Crippen LogP contribution in [0.25, 0.3) is 0 Å². The standard InChI is InChI=1S/C17H23BrN4OS2/c1-19-17(20-10-14-9-13(18)12-25-14)21-11-15(16-3-2-8-24-16)22-4-6-23-7-5-22/h2-3,8-9,12,15H,4-7,10-11H2,1H3,(H2,19,20,21). The zero-order valence-corrected chi connectivity index (χ0v) is 17.4. The first-order chi connectivity index (χ1) is 12.3. The number of morpholine rings is 1. The van der Waals surface area contributed by atoms with E-state index in [9.17, 15) is 0 Å². The lowest BCUT2D eigenvalue weighted by atomic mass is 10.2. The van der Waals surface area contributed by atoms with Gasteiger partial charge in [-0.1, -0.05) is 6.07 Å². The molecule has 5 nitrogen and oxygen atoms in total. The molecule has 2 aromatic rings. The third-order valence-corrected chi connectivity index (χ3v) is 6.77. The number of halogens is 1. The molecule has 1 aliphatic heterocycles. The van der Waals surface area contributed by atoms with Gasteiger partial charge in [-0.3, -0.25) is 9.89 Å². The molecule has 3 rings (SSSR count). The molecule has 1 fully saturated rings. The highest BCUT2D eigenvalue weighted by atomic mass is 79.9. The molecule has 0 radical (unpaired) electrons. The second-order valence-electron chi connectivity index (χ2n) is 5.72. The van der Waals surface area contributed by atoms with Crippen molar-refractivity contribution in [2.75, 3.05) is 39.9 Å². The number of nitrogens with zero attached hydrogens (tertiary/aromatic N) is 2. The first kappa shape index (κ1) is 18.8. The molecule has 1 aliphatic rings. The second kappa shape index (κ2) is 9.68. The first-order valence-corrected chi connectivity index (χ1v) is 10.8. The number of hydrogen-bond donors (Lipinski definition) is 2. The molecule has 0 spiro atoms. The molecule has 2 aromatic heterocycles. The molecule has 0 aromatic carbocycles. The van der Waals surface area contributed by atoms with Gasteiger partial charge in [-0.25, -0.2) is 0 Å². The van der Waals surface area contributed by atoms with Crippen LogP contribution in [-0.4, -0.2) is 50.8 Å². The molecule has 3 heterocycles. The van der Waals surface area contributed by atoms with Gasteiger partial charge in [0.25, 0.3) is 0 Å². The normalized spacial score (nSPS) is 17.4. The summed E-state index contributed by atoms with van der Waals surface area (Å²) in [6.07, 6.45) is 0. The molecule has 25 heavy (non-hydrogen) atoms. The van der Waals surface area contributed by atoms with Gasteiger partial charge >= 0.3 is 0 Å². The van der Waals surface area contributed by atoms with E-state index in [1.165, 1.54) is 9.75 Å². The fourth-order valence-electron chi connectivity index (χ4n) is 2.81. The van der Waals surface area contributed by atoms with Crippen LogP contribution in [0.4, 0.5) is 0 Å². The van der Waals surface area contributed by atoms with E-state index >= 15 is 0 Å². The molecule has 0 aliphatic carbocycles. The zero-order chi connectivity index (χ0) is 17.5. The van der Waals surface area contributed by atoms with Crippen molar-refractivity contribution in [2.24, 2.45) is 4.99 Å². The van der Waals surface area contributed by atoms with E-state index in [0.29, 0.717) is 6.04 Å². The summed E-state index contributed by atoms with van der Waals surface area (Å²) >= 11 is 7.04. The summed E-state index contributed by atoms with van der Waals surface area (Å²) in [7, 11) is 1.81. The Kier molecular flexibility index (Phi) is 7.30. The Balaban J connectivity index is 1.57. The van der Waals surface area contributed by atoms with E-state index in [-0.39, 0.29) is 0 Å². The first-order valence-electron chi connectivity index (χ1n) is 8.29. The summed E-state index contributed by atoms with van der Waals surface area (Å²) in [5, 5.41) is 11.1. The summed E-state index contributed by atoms with van der Waals surface area (Å²) in [4.78, 5) is 9.51. The van der Waals surface area contributed by atoms with Crippen LogP contribution in [-0.2, 0) is 11.3 Å². The van der Waals surface area contributed by atoms with Crippen molar-refractivity contribution < 1.29 is 4.74 Å². The van der Waals surface area contributed by atoms with Gasteiger partial charge in [0, 0.05) is 46.3 Å². The maximum absolute atomic E-state index is 5.51. The van der Waals surface area contributed by atoms with Gasteiger partial charge in [-0.2, -0.15) is 0 Å². The Morgan fingerprint density at radius 1 is 1.36 bits per heavy atom. The summed E-state index contributed by atoms with van der Waals surface area (Å²) in [5.74, 6) is 0.833. The van der Waals surface area contributed by atoms with E-state index in [1.54, 1.807) is 11.3 Å². The fourth-order valence-corrected chi connectivity index (χ4v) is 5.06. The minimum Gasteiger partial charge on any atom is -0.379 e. The number of thiophene rings is 2. The number of hydrogen-bond acceptors (Lipinski definition) is 5. The van der Waals surface area contributed by atoms with Crippen LogP contribution in [0.15, 0.2) is 38.4 Å². The molecule has 1 saturated heterocycles. The number of aliphatic imine (C=N–C) groups is 1. The van der Waals surface area contributed by atoms with Crippen LogP contribution < -0.4 is 10.6 Å². The van der Waals surface area contributed by atoms with Crippen LogP contribution in [0.2, 0.25) is 0 Å². The quantitative estimate of drug-likeness (QED) is 0.532. The topological polar surface area (TPSA) is 48.9 Å². The number of rotatable bonds is 6. The maximum atomic E-state index is 5.51. The van der Waals surface area contributed by atoms with Crippen molar-refractivity contribution in [2.45, 2.75) is 12.6 Å². The largest absolute Gasteiger partial charge is 0.379 e. The number of nitrogens with one attached hydrogen (secondary N) is 2. The smallest absolute Gasteiger partial charge is 0.191 e. The Labute approximate surface area is 165 Å². The number of ether oxygens (including phenoxy) is 1. The lowest BCUT2D eigenvalue weighted by Crippen LogP contribution is -2.45. The summed E-state index contributed by atoms with van der Waals surface area (Å²) in [6.45, 7) is 5.16. The van der Waals surface area contributed by atoms with Crippen molar-refractivity contribution >= 4 is 44.6 Å². The van der Waals surface area contributed by atoms with Crippen molar-refractivity contribution in [3.63, 3.8) is 0 Å². The van der Waals surface area contributed by atoms with Crippen LogP contribution >= 0.6 is 38.6 Å². The van der Waals surface area contributed by atoms with Gasteiger partial charge in [0.1, 0.15) is 0 Å². The molecule has 0 bridgehead atoms. The third kappa shape index (κ3) is 5.52. The van der Waals surface area contributed by atoms with Crippen molar-refractivity contribution in [1.29, 1.82) is 0 Å². The third-order valence-electron chi connectivity index (χ3n) is 4.10. The summed E-state index contributed by atoms with van der Waals surface area (Å²) < 4.78 is 6.63. The van der Waals surface area contributed by atoms with Gasteiger partial charge in [0.15, 0.2) is 5.96 Å². The number of guanidine groups is 1. The zero-order valence-electron chi connectivity index (χ0n) is 14.2. The van der Waals surface area contributed by atoms with Crippen molar-refractivity contribution in [3.8, 4) is 0 Å². The molecular weight excluding hydrogens is 420 g/mol. The molecule has 1 unspecified atom stereocenters. The minimum atomic E-state index is 0.346. The van der Waals surface area contributed by atoms with E-state index in [4.69, 9.17) is 4.74 Å².